The van der Waals surface area contributed by atoms with Crippen LogP contribution in [0.1, 0.15) is 15.9 Å². The summed E-state index contributed by atoms with van der Waals surface area (Å²) in [6.45, 7) is 5.42. The van der Waals surface area contributed by atoms with E-state index in [0.29, 0.717) is 11.3 Å². The maximum atomic E-state index is 10.9. The van der Waals surface area contributed by atoms with Gasteiger partial charge in [-0.2, -0.15) is 0 Å². The van der Waals surface area contributed by atoms with Gasteiger partial charge in [-0.05, 0) is 18.6 Å². The van der Waals surface area contributed by atoms with Gasteiger partial charge in [-0.1, -0.05) is 18.7 Å². The number of hydrogen-bond donors (Lipinski definition) is 0. The van der Waals surface area contributed by atoms with Gasteiger partial charge in [-0.25, -0.2) is 4.79 Å². The van der Waals surface area contributed by atoms with E-state index in [2.05, 4.69) is 6.58 Å². The second kappa shape index (κ2) is 6.48. The number of hydrogen-bond acceptors (Lipinski definition) is 4. The second-order valence-corrected chi connectivity index (χ2v) is 3.32. The van der Waals surface area contributed by atoms with Crippen LogP contribution >= 0.6 is 0 Å². The molecule has 0 radical (unpaired) electrons. The standard InChI is InChI=1S/C13H14O4/c1-3-13(15)17-8-7-16-12-6-4-5-10(2)11(12)9-14/h3-6,9H,1,7-8H2,2H3. The van der Waals surface area contributed by atoms with Crippen LogP contribution in [-0.2, 0) is 9.53 Å². The van der Waals surface area contributed by atoms with Gasteiger partial charge in [0.25, 0.3) is 0 Å². The number of aldehydes is 1. The molecule has 90 valence electrons. The van der Waals surface area contributed by atoms with Gasteiger partial charge < -0.3 is 9.47 Å². The Balaban J connectivity index is 2.52. The van der Waals surface area contributed by atoms with Crippen molar-refractivity contribution in [1.82, 2.24) is 0 Å². The highest BCUT2D eigenvalue weighted by atomic mass is 16.6. The third-order valence-electron chi connectivity index (χ3n) is 2.15. The Morgan fingerprint density at radius 1 is 1.41 bits per heavy atom. The number of carbonyl (C=O) groups is 2. The predicted octanol–water partition coefficient (Wildman–Crippen LogP) is 1.92. The molecule has 0 bridgehead atoms. The quantitative estimate of drug-likeness (QED) is 0.326. The van der Waals surface area contributed by atoms with Crippen LogP contribution in [-0.4, -0.2) is 25.5 Å². The minimum absolute atomic E-state index is 0.122. The smallest absolute Gasteiger partial charge is 0.330 e. The molecule has 0 aromatic heterocycles. The Labute approximate surface area is 99.8 Å². The van der Waals surface area contributed by atoms with Crippen molar-refractivity contribution in [3.63, 3.8) is 0 Å². The first kappa shape index (κ1) is 13.0. The summed E-state index contributed by atoms with van der Waals surface area (Å²) in [7, 11) is 0. The highest BCUT2D eigenvalue weighted by Gasteiger charge is 2.05. The van der Waals surface area contributed by atoms with Crippen LogP contribution in [0.15, 0.2) is 30.9 Å². The molecular formula is C13H14O4. The predicted molar refractivity (Wildman–Crippen MR) is 63.2 cm³/mol. The Hall–Kier alpha value is -2.10. The van der Waals surface area contributed by atoms with Crippen molar-refractivity contribution in [2.24, 2.45) is 0 Å². The van der Waals surface area contributed by atoms with Crippen molar-refractivity contribution in [3.8, 4) is 5.75 Å². The summed E-state index contributed by atoms with van der Waals surface area (Å²) in [5.41, 5.74) is 1.36. The molecule has 4 nitrogen and oxygen atoms in total. The van der Waals surface area contributed by atoms with Crippen LogP contribution in [0.2, 0.25) is 0 Å². The number of carbonyl (C=O) groups excluding carboxylic acids is 2. The van der Waals surface area contributed by atoms with E-state index in [1.165, 1.54) is 0 Å². The molecule has 0 saturated carbocycles. The van der Waals surface area contributed by atoms with Gasteiger partial charge in [0.15, 0.2) is 6.29 Å². The van der Waals surface area contributed by atoms with Crippen LogP contribution in [0.25, 0.3) is 0 Å². The van der Waals surface area contributed by atoms with Crippen LogP contribution in [0.5, 0.6) is 5.75 Å². The zero-order chi connectivity index (χ0) is 12.7. The number of aryl methyl sites for hydroxylation is 1. The lowest BCUT2D eigenvalue weighted by atomic mass is 10.1. The first-order valence-corrected chi connectivity index (χ1v) is 5.16. The molecule has 0 saturated heterocycles. The summed E-state index contributed by atoms with van der Waals surface area (Å²) in [6.07, 6.45) is 1.84. The zero-order valence-electron chi connectivity index (χ0n) is 9.64. The number of benzene rings is 1. The van der Waals surface area contributed by atoms with Gasteiger partial charge in [-0.3, -0.25) is 4.79 Å². The molecule has 0 fully saturated rings. The summed E-state index contributed by atoms with van der Waals surface area (Å²) >= 11 is 0. The van der Waals surface area contributed by atoms with Crippen LogP contribution in [0, 0.1) is 6.92 Å². The van der Waals surface area contributed by atoms with Crippen molar-refractivity contribution in [2.45, 2.75) is 6.92 Å². The minimum atomic E-state index is -0.492. The summed E-state index contributed by atoms with van der Waals surface area (Å²) < 4.78 is 10.1. The van der Waals surface area contributed by atoms with E-state index in [1.807, 2.05) is 13.0 Å². The molecule has 1 aromatic rings. The Kier molecular flexibility index (Phi) is 4.94. The van der Waals surface area contributed by atoms with E-state index >= 15 is 0 Å². The topological polar surface area (TPSA) is 52.6 Å². The number of ether oxygens (including phenoxy) is 2. The van der Waals surface area contributed by atoms with E-state index < -0.39 is 5.97 Å². The summed E-state index contributed by atoms with van der Waals surface area (Å²) in [5.74, 6) is 0.00288. The minimum Gasteiger partial charge on any atom is -0.489 e. The third kappa shape index (κ3) is 3.75. The van der Waals surface area contributed by atoms with Gasteiger partial charge in [0.1, 0.15) is 19.0 Å². The van der Waals surface area contributed by atoms with Crippen molar-refractivity contribution < 1.29 is 19.1 Å². The molecule has 0 heterocycles. The molecule has 1 aromatic carbocycles. The Morgan fingerprint density at radius 3 is 2.82 bits per heavy atom. The maximum absolute atomic E-state index is 10.9. The fourth-order valence-corrected chi connectivity index (χ4v) is 1.28. The SMILES string of the molecule is C=CC(=O)OCCOc1cccc(C)c1C=O. The maximum Gasteiger partial charge on any atom is 0.330 e. The Bertz CT molecular complexity index is 423. The van der Waals surface area contributed by atoms with Crippen LogP contribution in [0.4, 0.5) is 0 Å². The molecule has 0 amide bonds. The number of esters is 1. The van der Waals surface area contributed by atoms with Crippen molar-refractivity contribution in [3.05, 3.63) is 42.0 Å². The van der Waals surface area contributed by atoms with Gasteiger partial charge in [0.2, 0.25) is 0 Å². The fourth-order valence-electron chi connectivity index (χ4n) is 1.28. The second-order valence-electron chi connectivity index (χ2n) is 3.32. The molecule has 0 aliphatic heterocycles. The van der Waals surface area contributed by atoms with E-state index in [9.17, 15) is 9.59 Å². The first-order valence-electron chi connectivity index (χ1n) is 5.16. The molecule has 0 aliphatic rings. The summed E-state index contributed by atoms with van der Waals surface area (Å²) in [5, 5.41) is 0. The van der Waals surface area contributed by atoms with Gasteiger partial charge in [-0.15, -0.1) is 0 Å². The van der Waals surface area contributed by atoms with Crippen molar-refractivity contribution in [2.75, 3.05) is 13.2 Å². The zero-order valence-corrected chi connectivity index (χ0v) is 9.64. The molecule has 0 spiro atoms. The molecule has 0 atom stereocenters. The highest BCUT2D eigenvalue weighted by Crippen LogP contribution is 2.19. The van der Waals surface area contributed by atoms with E-state index in [1.54, 1.807) is 12.1 Å². The average molecular weight is 234 g/mol. The van der Waals surface area contributed by atoms with Gasteiger partial charge in [0, 0.05) is 6.08 Å². The summed E-state index contributed by atoms with van der Waals surface area (Å²) in [4.78, 5) is 21.6. The first-order chi connectivity index (χ1) is 8.19. The van der Waals surface area contributed by atoms with E-state index in [4.69, 9.17) is 9.47 Å². The molecule has 0 unspecified atom stereocenters. The van der Waals surface area contributed by atoms with Crippen molar-refractivity contribution >= 4 is 12.3 Å². The van der Waals surface area contributed by atoms with Gasteiger partial charge >= 0.3 is 5.97 Å². The average Bonchev–Trinajstić information content (AvgIpc) is 2.34. The molecule has 0 aliphatic carbocycles. The summed E-state index contributed by atoms with van der Waals surface area (Å²) in [6, 6.07) is 5.33. The fraction of sp³-hybridized carbons (Fsp3) is 0.231. The lowest BCUT2D eigenvalue weighted by Gasteiger charge is -2.09. The largest absolute Gasteiger partial charge is 0.489 e. The van der Waals surface area contributed by atoms with E-state index in [-0.39, 0.29) is 13.2 Å². The molecular weight excluding hydrogens is 220 g/mol. The van der Waals surface area contributed by atoms with Crippen molar-refractivity contribution in [1.29, 1.82) is 0 Å². The highest BCUT2D eigenvalue weighted by molar-refractivity contribution is 5.81. The lowest BCUT2D eigenvalue weighted by molar-refractivity contribution is -0.138. The number of rotatable bonds is 6. The lowest BCUT2D eigenvalue weighted by Crippen LogP contribution is -2.11. The molecule has 4 heteroatoms. The van der Waals surface area contributed by atoms with Crippen LogP contribution in [0.3, 0.4) is 0 Å². The molecule has 17 heavy (non-hydrogen) atoms. The molecule has 1 rings (SSSR count). The Morgan fingerprint density at radius 2 is 2.18 bits per heavy atom. The van der Waals surface area contributed by atoms with Gasteiger partial charge in [0.05, 0.1) is 5.56 Å². The van der Waals surface area contributed by atoms with Crippen LogP contribution < -0.4 is 4.74 Å². The third-order valence-corrected chi connectivity index (χ3v) is 2.15. The monoisotopic (exact) mass is 234 g/mol. The molecule has 0 N–H and O–H groups in total. The normalized spacial score (nSPS) is 9.47. The van der Waals surface area contributed by atoms with E-state index in [0.717, 1.165) is 17.9 Å².